The number of fused-ring (bicyclic) bond motifs is 4. The van der Waals surface area contributed by atoms with Gasteiger partial charge in [-0.1, -0.05) is 30.2 Å². The molecule has 4 aliphatic heterocycles. The molecule has 0 amide bonds. The van der Waals surface area contributed by atoms with Crippen molar-refractivity contribution < 1.29 is 57.8 Å². The molecule has 1 N–H and O–H groups in total. The first-order valence-electron chi connectivity index (χ1n) is 17.7. The Bertz CT molecular complexity index is 2220. The van der Waals surface area contributed by atoms with E-state index in [4.69, 9.17) is 16.1 Å². The summed E-state index contributed by atoms with van der Waals surface area (Å²) in [5, 5.41) is 4.38. The molecular weight excluding hydrogens is 769 g/mol. The van der Waals surface area contributed by atoms with E-state index in [1.165, 1.54) is 17.0 Å². The van der Waals surface area contributed by atoms with Crippen LogP contribution in [0.15, 0.2) is 30.3 Å². The van der Waals surface area contributed by atoms with E-state index >= 15 is 4.39 Å². The number of hydrogen-bond donors (Lipinski definition) is 1. The lowest BCUT2D eigenvalue weighted by Crippen LogP contribution is -2.68. The zero-order chi connectivity index (χ0) is 40.0. The highest BCUT2D eigenvalue weighted by Gasteiger charge is 2.86. The van der Waals surface area contributed by atoms with Gasteiger partial charge in [-0.25, -0.2) is 13.8 Å². The van der Waals surface area contributed by atoms with Gasteiger partial charge in [0.2, 0.25) is 0 Å². The van der Waals surface area contributed by atoms with Crippen LogP contribution in [-0.2, 0) is 11.2 Å². The van der Waals surface area contributed by atoms with Crippen molar-refractivity contribution in [1.82, 2.24) is 25.2 Å². The maximum absolute atomic E-state index is 17.0. The number of ether oxygens (including phenoxy) is 2. The number of halogens is 11. The van der Waals surface area contributed by atoms with Crippen molar-refractivity contribution in [3.05, 3.63) is 53.2 Å². The average molecular weight is 801 g/mol. The third-order valence-electron chi connectivity index (χ3n) is 11.3. The van der Waals surface area contributed by atoms with Crippen molar-refractivity contribution in [2.24, 2.45) is 0 Å². The van der Waals surface area contributed by atoms with Gasteiger partial charge in [-0.05, 0) is 50.1 Å². The molecule has 2 aromatic carbocycles. The summed E-state index contributed by atoms with van der Waals surface area (Å²) in [7, 11) is 0. The Hall–Kier alpha value is -4.54. The zero-order valence-electron chi connectivity index (χ0n) is 29.1. The maximum atomic E-state index is 17.0. The Morgan fingerprint density at radius 1 is 0.929 bits per heavy atom. The van der Waals surface area contributed by atoms with Crippen molar-refractivity contribution in [2.45, 2.75) is 73.9 Å². The van der Waals surface area contributed by atoms with Gasteiger partial charge in [-0.15, -0.1) is 6.42 Å². The summed E-state index contributed by atoms with van der Waals surface area (Å²) < 4.78 is 166. The van der Waals surface area contributed by atoms with Gasteiger partial charge in [-0.2, -0.15) is 49.5 Å². The predicted octanol–water partition coefficient (Wildman–Crippen LogP) is 7.26. The van der Waals surface area contributed by atoms with Gasteiger partial charge < -0.3 is 19.7 Å². The molecule has 0 radical (unpaired) electrons. The SMILES string of the molecule is C#Cc1c(F)ccc2cccc(-c3nc4c5c(nc(OCC67CCCN6CC(OC(C(F)(F)F)(C(F)(F)F)C(F)(F)F)C7)nc5c3F)N3CCNCC3CC4)c12. The van der Waals surface area contributed by atoms with Crippen LogP contribution >= 0.6 is 0 Å². The number of nitrogens with zero attached hydrogens (tertiary/aromatic N) is 5. The number of benzene rings is 2. The van der Waals surface area contributed by atoms with Gasteiger partial charge in [0.05, 0.1) is 28.3 Å². The van der Waals surface area contributed by atoms with Crippen LogP contribution in [0, 0.1) is 24.0 Å². The molecular formula is C37H31F11N6O2. The summed E-state index contributed by atoms with van der Waals surface area (Å²) in [6.07, 6.45) is -16.3. The summed E-state index contributed by atoms with van der Waals surface area (Å²) >= 11 is 0. The van der Waals surface area contributed by atoms with Crippen LogP contribution in [0.3, 0.4) is 0 Å². The Morgan fingerprint density at radius 3 is 2.39 bits per heavy atom. The Labute approximate surface area is 311 Å². The molecule has 298 valence electrons. The summed E-state index contributed by atoms with van der Waals surface area (Å²) in [5.74, 6) is 1.02. The summed E-state index contributed by atoms with van der Waals surface area (Å²) in [5.41, 5.74) is -7.61. The number of hydrogen-bond acceptors (Lipinski definition) is 8. The number of piperazine rings is 1. The van der Waals surface area contributed by atoms with Crippen LogP contribution in [-0.4, -0.2) is 101 Å². The number of nitrogens with one attached hydrogen (secondary N) is 1. The fraction of sp³-hybridized carbons (Fsp3) is 0.486. The summed E-state index contributed by atoms with van der Waals surface area (Å²) in [4.78, 5) is 17.2. The van der Waals surface area contributed by atoms with Crippen molar-refractivity contribution >= 4 is 27.5 Å². The van der Waals surface area contributed by atoms with Gasteiger partial charge >= 0.3 is 30.1 Å². The highest BCUT2D eigenvalue weighted by molar-refractivity contribution is 6.02. The molecule has 0 aliphatic carbocycles. The Morgan fingerprint density at radius 2 is 1.68 bits per heavy atom. The second-order valence-electron chi connectivity index (χ2n) is 14.5. The zero-order valence-corrected chi connectivity index (χ0v) is 29.1. The predicted molar refractivity (Wildman–Crippen MR) is 180 cm³/mol. The molecule has 6 heterocycles. The number of rotatable bonds is 6. The fourth-order valence-electron chi connectivity index (χ4n) is 8.81. The maximum Gasteiger partial charge on any atom is 0.435 e. The summed E-state index contributed by atoms with van der Waals surface area (Å²) in [6.45, 7) is 0.535. The highest BCUT2D eigenvalue weighted by Crippen LogP contribution is 2.57. The first-order valence-corrected chi connectivity index (χ1v) is 17.7. The van der Waals surface area contributed by atoms with E-state index in [-0.39, 0.29) is 58.6 Å². The quantitative estimate of drug-likeness (QED) is 0.162. The molecule has 3 unspecified atom stereocenters. The minimum absolute atomic E-state index is 0.0990. The van der Waals surface area contributed by atoms with Crippen molar-refractivity contribution in [3.8, 4) is 29.6 Å². The van der Waals surface area contributed by atoms with Crippen molar-refractivity contribution in [1.29, 1.82) is 0 Å². The number of aryl methyl sites for hydroxylation is 1. The third kappa shape index (κ3) is 5.89. The minimum Gasteiger partial charge on any atom is -0.461 e. The van der Waals surface area contributed by atoms with Crippen LogP contribution in [0.2, 0.25) is 0 Å². The molecule has 8 nitrogen and oxygen atoms in total. The smallest absolute Gasteiger partial charge is 0.435 e. The Balaban J connectivity index is 1.20. The lowest BCUT2D eigenvalue weighted by Gasteiger charge is -2.40. The molecule has 4 aliphatic rings. The van der Waals surface area contributed by atoms with Gasteiger partial charge in [-0.3, -0.25) is 4.90 Å². The number of aromatic nitrogens is 3. The van der Waals surface area contributed by atoms with E-state index in [1.807, 2.05) is 4.90 Å². The highest BCUT2D eigenvalue weighted by atomic mass is 19.4. The molecule has 4 aromatic rings. The lowest BCUT2D eigenvalue weighted by atomic mass is 9.93. The minimum atomic E-state index is -6.87. The largest absolute Gasteiger partial charge is 0.461 e. The number of anilines is 1. The third-order valence-corrected chi connectivity index (χ3v) is 11.3. The lowest BCUT2D eigenvalue weighted by molar-refractivity contribution is -0.463. The van der Waals surface area contributed by atoms with Crippen molar-refractivity contribution in [2.75, 3.05) is 44.2 Å². The van der Waals surface area contributed by atoms with Gasteiger partial charge in [0.1, 0.15) is 29.5 Å². The second-order valence-corrected chi connectivity index (χ2v) is 14.5. The first kappa shape index (κ1) is 38.3. The van der Waals surface area contributed by atoms with Gasteiger partial charge in [0.25, 0.3) is 0 Å². The molecule has 3 atom stereocenters. The molecule has 3 fully saturated rings. The van der Waals surface area contributed by atoms with Crippen LogP contribution < -0.4 is 15.0 Å². The normalized spacial score (nSPS) is 23.3. The van der Waals surface area contributed by atoms with Crippen molar-refractivity contribution in [3.63, 3.8) is 0 Å². The first-order chi connectivity index (χ1) is 26.4. The number of terminal acetylenes is 1. The van der Waals surface area contributed by atoms with E-state index in [2.05, 4.69) is 25.9 Å². The molecule has 0 bridgehead atoms. The van der Waals surface area contributed by atoms with Crippen LogP contribution in [0.1, 0.15) is 36.9 Å². The molecule has 56 heavy (non-hydrogen) atoms. The average Bonchev–Trinajstić information content (AvgIpc) is 3.63. The van der Waals surface area contributed by atoms with E-state index < -0.39 is 67.0 Å². The topological polar surface area (TPSA) is 75.6 Å². The number of alkyl halides is 9. The van der Waals surface area contributed by atoms with E-state index in [0.29, 0.717) is 55.4 Å². The fourth-order valence-corrected chi connectivity index (χ4v) is 8.81. The van der Waals surface area contributed by atoms with Crippen LogP contribution in [0.5, 0.6) is 6.01 Å². The van der Waals surface area contributed by atoms with E-state index in [0.717, 1.165) is 0 Å². The van der Waals surface area contributed by atoms with Gasteiger partial charge in [0.15, 0.2) is 5.82 Å². The molecule has 0 spiro atoms. The molecule has 8 rings (SSSR count). The molecule has 19 heteroatoms. The molecule has 3 saturated heterocycles. The monoisotopic (exact) mass is 800 g/mol. The van der Waals surface area contributed by atoms with E-state index in [9.17, 15) is 43.9 Å². The van der Waals surface area contributed by atoms with Crippen LogP contribution in [0.25, 0.3) is 32.9 Å². The molecule has 2 aromatic heterocycles. The summed E-state index contributed by atoms with van der Waals surface area (Å²) in [6, 6.07) is 7.07. The van der Waals surface area contributed by atoms with Gasteiger partial charge in [0, 0.05) is 43.2 Å². The molecule has 0 saturated carbocycles. The Kier molecular flexibility index (Phi) is 9.08. The van der Waals surface area contributed by atoms with E-state index in [1.54, 1.807) is 18.2 Å². The standard InChI is InChI=1S/C37H31F11N6O2/c1-2-22-24(38)9-7-19-5-3-6-23(26(19)22)29-28(39)30-27-25(50-29)10-8-20-16-49-12-14-54(20)31(27)52-32(51-30)55-18-33-11-4-13-53(33)17-21(15-33)56-34(35(40,41)42,36(43,44)45)37(46,47)48/h1,3,5-7,9,20-21,49H,4,8,10-18H2. The van der Waals surface area contributed by atoms with Crippen LogP contribution in [0.4, 0.5) is 54.1 Å². The number of pyridine rings is 1. The second kappa shape index (κ2) is 13.3.